The lowest BCUT2D eigenvalue weighted by Gasteiger charge is -2.37. The molecule has 1 aromatic rings. The number of carbonyl (C=O) groups is 3. The molecular weight excluding hydrogens is 416 g/mol. The van der Waals surface area contributed by atoms with Gasteiger partial charge in [0.25, 0.3) is 11.8 Å². The maximum atomic E-state index is 12.4. The van der Waals surface area contributed by atoms with Crippen LogP contribution in [0.15, 0.2) is 29.4 Å². The predicted octanol–water partition coefficient (Wildman–Crippen LogP) is 2.07. The van der Waals surface area contributed by atoms with E-state index in [4.69, 9.17) is 14.3 Å². The number of benzene rings is 1. The molecule has 2 aliphatic rings. The van der Waals surface area contributed by atoms with Crippen molar-refractivity contribution in [3.8, 4) is 5.75 Å². The molecule has 2 N–H and O–H groups in total. The SMILES string of the molecule is Cc1cccc(OCC(=O)NNC(=O)C2=NOC3(CCN(C(=O)OC(C)(C)C)CC3)C2)c1. The van der Waals surface area contributed by atoms with Crippen molar-refractivity contribution in [1.82, 2.24) is 15.8 Å². The van der Waals surface area contributed by atoms with Gasteiger partial charge in [0.1, 0.15) is 17.0 Å². The zero-order valence-corrected chi connectivity index (χ0v) is 18.9. The molecule has 2 aliphatic heterocycles. The van der Waals surface area contributed by atoms with Crippen molar-refractivity contribution in [2.24, 2.45) is 5.16 Å². The minimum absolute atomic E-state index is 0.190. The summed E-state index contributed by atoms with van der Waals surface area (Å²) in [4.78, 5) is 43.7. The number of amides is 3. The molecule has 174 valence electrons. The summed E-state index contributed by atoms with van der Waals surface area (Å²) in [5, 5.41) is 3.91. The summed E-state index contributed by atoms with van der Waals surface area (Å²) < 4.78 is 10.8. The topological polar surface area (TPSA) is 119 Å². The Morgan fingerprint density at radius 2 is 1.91 bits per heavy atom. The van der Waals surface area contributed by atoms with Gasteiger partial charge in [-0.3, -0.25) is 20.4 Å². The number of oxime groups is 1. The van der Waals surface area contributed by atoms with Crippen LogP contribution in [-0.2, 0) is 19.2 Å². The smallest absolute Gasteiger partial charge is 0.410 e. The summed E-state index contributed by atoms with van der Waals surface area (Å²) in [6.07, 6.45) is 1.00. The number of nitrogens with zero attached hydrogens (tertiary/aromatic N) is 2. The van der Waals surface area contributed by atoms with E-state index < -0.39 is 23.0 Å². The van der Waals surface area contributed by atoms with Gasteiger partial charge in [0, 0.05) is 32.4 Å². The highest BCUT2D eigenvalue weighted by atomic mass is 16.7. The molecule has 1 fully saturated rings. The molecule has 0 saturated carbocycles. The Morgan fingerprint density at radius 3 is 2.56 bits per heavy atom. The van der Waals surface area contributed by atoms with E-state index in [1.165, 1.54) is 0 Å². The van der Waals surface area contributed by atoms with Crippen LogP contribution in [0.1, 0.15) is 45.6 Å². The van der Waals surface area contributed by atoms with Gasteiger partial charge in [-0.05, 0) is 45.4 Å². The van der Waals surface area contributed by atoms with Crippen molar-refractivity contribution < 1.29 is 28.7 Å². The van der Waals surface area contributed by atoms with Crippen LogP contribution in [0, 0.1) is 6.92 Å². The van der Waals surface area contributed by atoms with Gasteiger partial charge in [0.05, 0.1) is 0 Å². The fourth-order valence-electron chi connectivity index (χ4n) is 3.42. The lowest BCUT2D eigenvalue weighted by molar-refractivity contribution is -0.127. The number of hydrazine groups is 1. The summed E-state index contributed by atoms with van der Waals surface area (Å²) in [7, 11) is 0. The monoisotopic (exact) mass is 446 g/mol. The summed E-state index contributed by atoms with van der Waals surface area (Å²) in [5.41, 5.74) is 4.67. The molecule has 10 heteroatoms. The van der Waals surface area contributed by atoms with Crippen molar-refractivity contribution >= 4 is 23.6 Å². The lowest BCUT2D eigenvalue weighted by Crippen LogP contribution is -2.49. The normalized spacial score (nSPS) is 17.2. The van der Waals surface area contributed by atoms with Gasteiger partial charge >= 0.3 is 6.09 Å². The Balaban J connectivity index is 1.40. The van der Waals surface area contributed by atoms with Gasteiger partial charge in [-0.2, -0.15) is 0 Å². The standard InChI is InChI=1S/C22H30N4O6/c1-15-6-5-7-16(12-15)30-14-18(27)23-24-19(28)17-13-22(32-25-17)8-10-26(11-9-22)20(29)31-21(2,3)4/h5-7,12H,8-11,13-14H2,1-4H3,(H,23,27)(H,24,28). The molecule has 0 aliphatic carbocycles. The van der Waals surface area contributed by atoms with Crippen LogP contribution in [0.4, 0.5) is 4.79 Å². The van der Waals surface area contributed by atoms with E-state index in [2.05, 4.69) is 16.0 Å². The lowest BCUT2D eigenvalue weighted by atomic mass is 9.87. The Hall–Kier alpha value is -3.30. The second-order valence-electron chi connectivity index (χ2n) is 9.06. The Bertz CT molecular complexity index is 900. The molecule has 1 spiro atoms. The number of hydrogen-bond acceptors (Lipinski definition) is 7. The van der Waals surface area contributed by atoms with E-state index in [-0.39, 0.29) is 18.4 Å². The molecule has 0 bridgehead atoms. The summed E-state index contributed by atoms with van der Waals surface area (Å²) in [6, 6.07) is 7.31. The third kappa shape index (κ3) is 6.35. The minimum Gasteiger partial charge on any atom is -0.484 e. The number of rotatable bonds is 4. The first kappa shape index (κ1) is 23.4. The summed E-state index contributed by atoms with van der Waals surface area (Å²) >= 11 is 0. The van der Waals surface area contributed by atoms with Gasteiger partial charge < -0.3 is 19.2 Å². The minimum atomic E-state index is -0.622. The van der Waals surface area contributed by atoms with Crippen molar-refractivity contribution in [2.75, 3.05) is 19.7 Å². The second-order valence-corrected chi connectivity index (χ2v) is 9.06. The number of carbonyl (C=O) groups excluding carboxylic acids is 3. The maximum absolute atomic E-state index is 12.4. The first-order valence-electron chi connectivity index (χ1n) is 10.6. The quantitative estimate of drug-likeness (QED) is 0.684. The van der Waals surface area contributed by atoms with Crippen LogP contribution >= 0.6 is 0 Å². The molecule has 0 radical (unpaired) electrons. The summed E-state index contributed by atoms with van der Waals surface area (Å²) in [6.45, 7) is 8.05. The highest BCUT2D eigenvalue weighted by Crippen LogP contribution is 2.35. The number of nitrogens with one attached hydrogen (secondary N) is 2. The van der Waals surface area contributed by atoms with Gasteiger partial charge in [-0.25, -0.2) is 4.79 Å². The van der Waals surface area contributed by atoms with E-state index in [0.29, 0.717) is 38.1 Å². The fraction of sp³-hybridized carbons (Fsp3) is 0.545. The molecule has 1 aromatic carbocycles. The van der Waals surface area contributed by atoms with Crippen molar-refractivity contribution in [3.05, 3.63) is 29.8 Å². The molecular formula is C22H30N4O6. The van der Waals surface area contributed by atoms with Crippen molar-refractivity contribution in [1.29, 1.82) is 0 Å². The Labute approximate surface area is 187 Å². The maximum Gasteiger partial charge on any atom is 0.410 e. The molecule has 0 aromatic heterocycles. The molecule has 32 heavy (non-hydrogen) atoms. The van der Waals surface area contributed by atoms with Gasteiger partial charge in [0.15, 0.2) is 12.3 Å². The highest BCUT2D eigenvalue weighted by Gasteiger charge is 2.45. The van der Waals surface area contributed by atoms with E-state index in [1.807, 2.05) is 45.9 Å². The number of hydrogen-bond donors (Lipinski definition) is 2. The first-order valence-corrected chi connectivity index (χ1v) is 10.6. The number of likely N-dealkylation sites (tertiary alicyclic amines) is 1. The van der Waals surface area contributed by atoms with E-state index in [1.54, 1.807) is 11.0 Å². The Kier molecular flexibility index (Phi) is 6.90. The predicted molar refractivity (Wildman–Crippen MR) is 116 cm³/mol. The molecule has 2 heterocycles. The van der Waals surface area contributed by atoms with Crippen LogP contribution in [0.3, 0.4) is 0 Å². The second kappa shape index (κ2) is 9.46. The fourth-order valence-corrected chi connectivity index (χ4v) is 3.42. The van der Waals surface area contributed by atoms with Gasteiger partial charge in [-0.1, -0.05) is 17.3 Å². The first-order chi connectivity index (χ1) is 15.1. The Morgan fingerprint density at radius 1 is 1.19 bits per heavy atom. The largest absolute Gasteiger partial charge is 0.484 e. The highest BCUT2D eigenvalue weighted by molar-refractivity contribution is 6.39. The summed E-state index contributed by atoms with van der Waals surface area (Å²) in [5.74, 6) is -0.472. The van der Waals surface area contributed by atoms with E-state index in [9.17, 15) is 14.4 Å². The van der Waals surface area contributed by atoms with Crippen LogP contribution in [0.25, 0.3) is 0 Å². The van der Waals surface area contributed by atoms with Crippen molar-refractivity contribution in [3.63, 3.8) is 0 Å². The van der Waals surface area contributed by atoms with Gasteiger partial charge in [0.2, 0.25) is 0 Å². The molecule has 1 saturated heterocycles. The van der Waals surface area contributed by atoms with Gasteiger partial charge in [-0.15, -0.1) is 0 Å². The van der Waals surface area contributed by atoms with Crippen LogP contribution in [-0.4, -0.2) is 59.4 Å². The zero-order chi connectivity index (χ0) is 23.4. The molecule has 3 amide bonds. The average Bonchev–Trinajstić information content (AvgIpc) is 3.13. The third-order valence-electron chi connectivity index (χ3n) is 5.10. The average molecular weight is 447 g/mol. The number of piperidine rings is 1. The number of ether oxygens (including phenoxy) is 2. The van der Waals surface area contributed by atoms with Crippen LogP contribution in [0.2, 0.25) is 0 Å². The van der Waals surface area contributed by atoms with E-state index >= 15 is 0 Å². The zero-order valence-electron chi connectivity index (χ0n) is 18.9. The van der Waals surface area contributed by atoms with Crippen LogP contribution < -0.4 is 15.6 Å². The van der Waals surface area contributed by atoms with E-state index in [0.717, 1.165) is 5.56 Å². The molecule has 10 nitrogen and oxygen atoms in total. The molecule has 0 atom stereocenters. The molecule has 0 unspecified atom stereocenters. The van der Waals surface area contributed by atoms with Crippen molar-refractivity contribution in [2.45, 2.75) is 58.2 Å². The third-order valence-corrected chi connectivity index (χ3v) is 5.10. The number of aryl methyl sites for hydroxylation is 1. The van der Waals surface area contributed by atoms with Crippen LogP contribution in [0.5, 0.6) is 5.75 Å². The molecule has 3 rings (SSSR count).